The number of ether oxygens (including phenoxy) is 1. The molecule has 1 fully saturated rings. The van der Waals surface area contributed by atoms with E-state index in [9.17, 15) is 4.79 Å². The molecule has 0 radical (unpaired) electrons. The SMILES string of the molecule is CC(C)CN1CCC(c2ccc(C(=O)OCc3ccccc3)cc2)CC1. The standard InChI is InChI=1S/C23H29NO2/c1-18(2)16-24-14-12-21(13-15-24)20-8-10-22(11-9-20)23(25)26-17-19-6-4-3-5-7-19/h3-11,18,21H,12-17H2,1-2H3. The summed E-state index contributed by atoms with van der Waals surface area (Å²) in [6, 6.07) is 17.8. The van der Waals surface area contributed by atoms with E-state index in [4.69, 9.17) is 4.74 Å². The summed E-state index contributed by atoms with van der Waals surface area (Å²) in [5, 5.41) is 0. The maximum absolute atomic E-state index is 12.2. The number of nitrogens with zero attached hydrogens (tertiary/aromatic N) is 1. The van der Waals surface area contributed by atoms with Crippen LogP contribution in [-0.2, 0) is 11.3 Å². The summed E-state index contributed by atoms with van der Waals surface area (Å²) >= 11 is 0. The van der Waals surface area contributed by atoms with Crippen molar-refractivity contribution in [2.24, 2.45) is 5.92 Å². The lowest BCUT2D eigenvalue weighted by molar-refractivity contribution is 0.0472. The predicted molar refractivity (Wildman–Crippen MR) is 105 cm³/mol. The van der Waals surface area contributed by atoms with Crippen molar-refractivity contribution >= 4 is 5.97 Å². The molecule has 3 nitrogen and oxygen atoms in total. The van der Waals surface area contributed by atoms with Crippen molar-refractivity contribution in [1.29, 1.82) is 0 Å². The predicted octanol–water partition coefficient (Wildman–Crippen LogP) is 4.88. The molecule has 1 aliphatic rings. The molecule has 3 rings (SSSR count). The summed E-state index contributed by atoms with van der Waals surface area (Å²) in [5.74, 6) is 1.08. The Morgan fingerprint density at radius 1 is 1.04 bits per heavy atom. The summed E-state index contributed by atoms with van der Waals surface area (Å²) < 4.78 is 5.40. The molecule has 1 heterocycles. The first-order valence-corrected chi connectivity index (χ1v) is 9.65. The van der Waals surface area contributed by atoms with Crippen LogP contribution in [0, 0.1) is 5.92 Å². The Bertz CT molecular complexity index is 686. The van der Waals surface area contributed by atoms with Gasteiger partial charge in [0.2, 0.25) is 0 Å². The highest BCUT2D eigenvalue weighted by Crippen LogP contribution is 2.28. The fourth-order valence-corrected chi connectivity index (χ4v) is 3.66. The highest BCUT2D eigenvalue weighted by atomic mass is 16.5. The Balaban J connectivity index is 1.51. The molecule has 2 aromatic rings. The Hall–Kier alpha value is -2.13. The lowest BCUT2D eigenvalue weighted by Crippen LogP contribution is -2.35. The molecular weight excluding hydrogens is 322 g/mol. The summed E-state index contributed by atoms with van der Waals surface area (Å²) in [5.41, 5.74) is 2.97. The summed E-state index contributed by atoms with van der Waals surface area (Å²) in [4.78, 5) is 14.8. The maximum atomic E-state index is 12.2. The van der Waals surface area contributed by atoms with Gasteiger partial charge in [-0.15, -0.1) is 0 Å². The van der Waals surface area contributed by atoms with Crippen LogP contribution in [0.2, 0.25) is 0 Å². The van der Waals surface area contributed by atoms with E-state index in [2.05, 4.69) is 30.9 Å². The molecule has 2 aromatic carbocycles. The van der Waals surface area contributed by atoms with E-state index in [0.29, 0.717) is 18.1 Å². The quantitative estimate of drug-likeness (QED) is 0.695. The van der Waals surface area contributed by atoms with Crippen molar-refractivity contribution in [1.82, 2.24) is 4.90 Å². The molecule has 0 unspecified atom stereocenters. The summed E-state index contributed by atoms with van der Waals surface area (Å²) in [7, 11) is 0. The molecule has 0 atom stereocenters. The highest BCUT2D eigenvalue weighted by molar-refractivity contribution is 5.89. The van der Waals surface area contributed by atoms with Crippen LogP contribution in [0.1, 0.15) is 54.1 Å². The fraction of sp³-hybridized carbons (Fsp3) is 0.435. The van der Waals surface area contributed by atoms with Crippen molar-refractivity contribution in [2.75, 3.05) is 19.6 Å². The van der Waals surface area contributed by atoms with E-state index in [-0.39, 0.29) is 5.97 Å². The number of piperidine rings is 1. The van der Waals surface area contributed by atoms with E-state index >= 15 is 0 Å². The number of hydrogen-bond donors (Lipinski definition) is 0. The lowest BCUT2D eigenvalue weighted by Gasteiger charge is -2.33. The first-order valence-electron chi connectivity index (χ1n) is 9.65. The lowest BCUT2D eigenvalue weighted by atomic mass is 9.89. The van der Waals surface area contributed by atoms with E-state index in [1.54, 1.807) is 0 Å². The van der Waals surface area contributed by atoms with Gasteiger partial charge in [-0.2, -0.15) is 0 Å². The van der Waals surface area contributed by atoms with Gasteiger partial charge in [-0.05, 0) is 61.0 Å². The minimum atomic E-state index is -0.257. The van der Waals surface area contributed by atoms with Crippen LogP contribution in [0.25, 0.3) is 0 Å². The van der Waals surface area contributed by atoms with Crippen molar-refractivity contribution in [3.8, 4) is 0 Å². The zero-order chi connectivity index (χ0) is 18.4. The third-order valence-corrected chi connectivity index (χ3v) is 5.04. The minimum Gasteiger partial charge on any atom is -0.457 e. The Labute approximate surface area is 157 Å². The molecule has 0 amide bonds. The molecule has 1 saturated heterocycles. The number of likely N-dealkylation sites (tertiary alicyclic amines) is 1. The first-order chi connectivity index (χ1) is 12.6. The second-order valence-electron chi connectivity index (χ2n) is 7.65. The van der Waals surface area contributed by atoms with Crippen molar-refractivity contribution in [2.45, 2.75) is 39.2 Å². The average Bonchev–Trinajstić information content (AvgIpc) is 2.67. The molecule has 0 saturated carbocycles. The van der Waals surface area contributed by atoms with Crippen LogP contribution in [0.4, 0.5) is 0 Å². The molecule has 0 bridgehead atoms. The van der Waals surface area contributed by atoms with Gasteiger partial charge in [0, 0.05) is 6.54 Å². The van der Waals surface area contributed by atoms with Crippen LogP contribution in [-0.4, -0.2) is 30.5 Å². The van der Waals surface area contributed by atoms with E-state index in [1.165, 1.54) is 38.0 Å². The zero-order valence-electron chi connectivity index (χ0n) is 15.9. The van der Waals surface area contributed by atoms with Crippen LogP contribution < -0.4 is 0 Å². The number of benzene rings is 2. The van der Waals surface area contributed by atoms with Gasteiger partial charge < -0.3 is 9.64 Å². The van der Waals surface area contributed by atoms with Crippen LogP contribution in [0.15, 0.2) is 54.6 Å². The fourth-order valence-electron chi connectivity index (χ4n) is 3.66. The molecular formula is C23H29NO2. The van der Waals surface area contributed by atoms with Gasteiger partial charge in [0.05, 0.1) is 5.56 Å². The monoisotopic (exact) mass is 351 g/mol. The zero-order valence-corrected chi connectivity index (χ0v) is 15.9. The minimum absolute atomic E-state index is 0.257. The third kappa shape index (κ3) is 5.18. The average molecular weight is 351 g/mol. The van der Waals surface area contributed by atoms with Gasteiger partial charge in [0.15, 0.2) is 0 Å². The van der Waals surface area contributed by atoms with Gasteiger partial charge in [-0.3, -0.25) is 0 Å². The Kier molecular flexibility index (Phi) is 6.45. The number of carbonyl (C=O) groups is 1. The molecule has 0 N–H and O–H groups in total. The highest BCUT2D eigenvalue weighted by Gasteiger charge is 2.21. The second-order valence-corrected chi connectivity index (χ2v) is 7.65. The largest absolute Gasteiger partial charge is 0.457 e. The molecule has 0 spiro atoms. The van der Waals surface area contributed by atoms with E-state index < -0.39 is 0 Å². The number of hydrogen-bond acceptors (Lipinski definition) is 3. The number of carbonyl (C=O) groups excluding carboxylic acids is 1. The van der Waals surface area contributed by atoms with E-state index in [0.717, 1.165) is 11.5 Å². The second kappa shape index (κ2) is 9.00. The summed E-state index contributed by atoms with van der Waals surface area (Å²) in [6.45, 7) is 8.41. The van der Waals surface area contributed by atoms with Crippen molar-refractivity contribution in [3.05, 3.63) is 71.3 Å². The Morgan fingerprint density at radius 2 is 1.69 bits per heavy atom. The smallest absolute Gasteiger partial charge is 0.338 e. The Morgan fingerprint density at radius 3 is 2.31 bits per heavy atom. The third-order valence-electron chi connectivity index (χ3n) is 5.04. The molecule has 138 valence electrons. The molecule has 0 aliphatic carbocycles. The van der Waals surface area contributed by atoms with Crippen LogP contribution in [0.5, 0.6) is 0 Å². The van der Waals surface area contributed by atoms with Gasteiger partial charge in [0.1, 0.15) is 6.61 Å². The van der Waals surface area contributed by atoms with Gasteiger partial charge >= 0.3 is 5.97 Å². The topological polar surface area (TPSA) is 29.5 Å². The van der Waals surface area contributed by atoms with Crippen molar-refractivity contribution in [3.63, 3.8) is 0 Å². The molecule has 0 aromatic heterocycles. The van der Waals surface area contributed by atoms with Gasteiger partial charge in [0.25, 0.3) is 0 Å². The normalized spacial score (nSPS) is 16.0. The van der Waals surface area contributed by atoms with Crippen LogP contribution >= 0.6 is 0 Å². The van der Waals surface area contributed by atoms with Crippen molar-refractivity contribution < 1.29 is 9.53 Å². The van der Waals surface area contributed by atoms with Gasteiger partial charge in [-0.25, -0.2) is 4.79 Å². The number of esters is 1. The van der Waals surface area contributed by atoms with Crippen LogP contribution in [0.3, 0.4) is 0 Å². The molecule has 26 heavy (non-hydrogen) atoms. The molecule has 1 aliphatic heterocycles. The summed E-state index contributed by atoms with van der Waals surface area (Å²) in [6.07, 6.45) is 2.40. The van der Waals surface area contributed by atoms with Gasteiger partial charge in [-0.1, -0.05) is 56.3 Å². The number of rotatable bonds is 6. The molecule has 3 heteroatoms. The first kappa shape index (κ1) is 18.7. The van der Waals surface area contributed by atoms with E-state index in [1.807, 2.05) is 42.5 Å². The maximum Gasteiger partial charge on any atom is 0.338 e.